The maximum atomic E-state index is 12.5. The molecule has 1 aromatic heterocycles. The molecule has 0 aliphatic rings. The number of para-hydroxylation sites is 1. The van der Waals surface area contributed by atoms with Crippen LogP contribution in [0.25, 0.3) is 11.0 Å². The summed E-state index contributed by atoms with van der Waals surface area (Å²) in [4.78, 5) is 24.1. The molecule has 0 fully saturated rings. The van der Waals surface area contributed by atoms with E-state index >= 15 is 0 Å². The number of rotatable bonds is 6. The minimum Gasteiger partial charge on any atom is -0.457 e. The van der Waals surface area contributed by atoms with Crippen molar-refractivity contribution in [2.45, 2.75) is 26.6 Å². The number of hydrogen-bond acceptors (Lipinski definition) is 5. The standard InChI is InChI=1S/C20H16F2O5/c1-2-12-7-8-14-13(10-18(23)26-17(14)9-12)11-25-19(24)15-5-3-4-6-16(15)27-20(21)22/h3-10,20H,2,11H2,1H3. The third-order valence-electron chi connectivity index (χ3n) is 3.98. The van der Waals surface area contributed by atoms with E-state index in [9.17, 15) is 18.4 Å². The summed E-state index contributed by atoms with van der Waals surface area (Å²) in [6.07, 6.45) is 0.778. The highest BCUT2D eigenvalue weighted by Crippen LogP contribution is 2.23. The predicted molar refractivity (Wildman–Crippen MR) is 94.1 cm³/mol. The Kier molecular flexibility index (Phi) is 5.49. The first-order valence-electron chi connectivity index (χ1n) is 8.24. The van der Waals surface area contributed by atoms with Crippen LogP contribution in [0.3, 0.4) is 0 Å². The van der Waals surface area contributed by atoms with Crippen LogP contribution in [0, 0.1) is 0 Å². The molecule has 0 amide bonds. The van der Waals surface area contributed by atoms with Crippen LogP contribution in [-0.2, 0) is 17.8 Å². The molecule has 140 valence electrons. The molecule has 3 rings (SSSR count). The Morgan fingerprint density at radius 3 is 2.67 bits per heavy atom. The Hall–Kier alpha value is -3.22. The van der Waals surface area contributed by atoms with Gasteiger partial charge < -0.3 is 13.9 Å². The highest BCUT2D eigenvalue weighted by Gasteiger charge is 2.17. The molecular weight excluding hydrogens is 358 g/mol. The van der Waals surface area contributed by atoms with Gasteiger partial charge in [0.2, 0.25) is 0 Å². The first-order chi connectivity index (χ1) is 13.0. The van der Waals surface area contributed by atoms with Crippen molar-refractivity contribution in [3.8, 4) is 5.75 Å². The Morgan fingerprint density at radius 2 is 1.93 bits per heavy atom. The second-order valence-electron chi connectivity index (χ2n) is 5.73. The minimum absolute atomic E-state index is 0.127. The number of hydrogen-bond donors (Lipinski definition) is 0. The van der Waals surface area contributed by atoms with Gasteiger partial charge in [-0.2, -0.15) is 8.78 Å². The molecule has 2 aromatic carbocycles. The highest BCUT2D eigenvalue weighted by molar-refractivity contribution is 5.92. The summed E-state index contributed by atoms with van der Waals surface area (Å²) in [6.45, 7) is -1.30. The molecule has 27 heavy (non-hydrogen) atoms. The molecule has 0 unspecified atom stereocenters. The van der Waals surface area contributed by atoms with Gasteiger partial charge in [0.15, 0.2) is 0 Å². The van der Waals surface area contributed by atoms with Crippen LogP contribution in [0.1, 0.15) is 28.4 Å². The maximum Gasteiger partial charge on any atom is 0.387 e. The van der Waals surface area contributed by atoms with E-state index in [0.717, 1.165) is 12.0 Å². The molecule has 0 bridgehead atoms. The molecule has 0 spiro atoms. The van der Waals surface area contributed by atoms with Crippen molar-refractivity contribution in [2.24, 2.45) is 0 Å². The van der Waals surface area contributed by atoms with Crippen molar-refractivity contribution >= 4 is 16.9 Å². The summed E-state index contributed by atoms with van der Waals surface area (Å²) in [7, 11) is 0. The monoisotopic (exact) mass is 374 g/mol. The van der Waals surface area contributed by atoms with E-state index in [2.05, 4.69) is 4.74 Å². The molecule has 3 aromatic rings. The average Bonchev–Trinajstić information content (AvgIpc) is 2.65. The van der Waals surface area contributed by atoms with E-state index in [0.29, 0.717) is 16.5 Å². The number of alkyl halides is 2. The Balaban J connectivity index is 1.85. The summed E-state index contributed by atoms with van der Waals surface area (Å²) in [5, 5.41) is 0.636. The number of fused-ring (bicyclic) bond motifs is 1. The third-order valence-corrected chi connectivity index (χ3v) is 3.98. The zero-order valence-electron chi connectivity index (χ0n) is 14.4. The van der Waals surface area contributed by atoms with Crippen LogP contribution in [0.5, 0.6) is 5.75 Å². The van der Waals surface area contributed by atoms with Crippen LogP contribution in [0.15, 0.2) is 57.7 Å². The van der Waals surface area contributed by atoms with E-state index in [-0.39, 0.29) is 17.9 Å². The number of halogens is 2. The van der Waals surface area contributed by atoms with E-state index < -0.39 is 18.2 Å². The normalized spacial score (nSPS) is 11.0. The number of carbonyl (C=O) groups excluding carboxylic acids is 1. The lowest BCUT2D eigenvalue weighted by molar-refractivity contribution is -0.0504. The molecule has 1 heterocycles. The molecule has 0 atom stereocenters. The molecule has 0 N–H and O–H groups in total. The second kappa shape index (κ2) is 7.99. The average molecular weight is 374 g/mol. The SMILES string of the molecule is CCc1ccc2c(COC(=O)c3ccccc3OC(F)F)cc(=O)oc2c1. The van der Waals surface area contributed by atoms with Gasteiger partial charge in [0, 0.05) is 17.0 Å². The Labute approximate surface area is 153 Å². The molecular formula is C20H16F2O5. The Morgan fingerprint density at radius 1 is 1.15 bits per heavy atom. The summed E-state index contributed by atoms with van der Waals surface area (Å²) in [5.41, 5.74) is 1.17. The van der Waals surface area contributed by atoms with E-state index in [1.54, 1.807) is 12.1 Å². The van der Waals surface area contributed by atoms with Crippen molar-refractivity contribution in [2.75, 3.05) is 0 Å². The molecule has 5 nitrogen and oxygen atoms in total. The predicted octanol–water partition coefficient (Wildman–Crippen LogP) is 4.31. The lowest BCUT2D eigenvalue weighted by atomic mass is 10.1. The van der Waals surface area contributed by atoms with Crippen molar-refractivity contribution in [3.05, 3.63) is 75.6 Å². The van der Waals surface area contributed by atoms with Gasteiger partial charge in [-0.25, -0.2) is 9.59 Å². The largest absolute Gasteiger partial charge is 0.457 e. The van der Waals surface area contributed by atoms with E-state index in [4.69, 9.17) is 9.15 Å². The highest BCUT2D eigenvalue weighted by atomic mass is 19.3. The zero-order chi connectivity index (χ0) is 19.4. The number of esters is 1. The third kappa shape index (κ3) is 4.31. The summed E-state index contributed by atoms with van der Waals surface area (Å²) < 4.78 is 39.7. The lowest BCUT2D eigenvalue weighted by Gasteiger charge is -2.11. The number of carbonyl (C=O) groups is 1. The molecule has 0 saturated carbocycles. The number of aryl methyl sites for hydroxylation is 1. The van der Waals surface area contributed by atoms with Crippen LogP contribution in [0.2, 0.25) is 0 Å². The van der Waals surface area contributed by atoms with Gasteiger partial charge in [-0.15, -0.1) is 0 Å². The molecule has 0 radical (unpaired) electrons. The van der Waals surface area contributed by atoms with Gasteiger partial charge in [0.25, 0.3) is 0 Å². The van der Waals surface area contributed by atoms with Gasteiger partial charge in [-0.05, 0) is 30.2 Å². The van der Waals surface area contributed by atoms with Gasteiger partial charge in [0.1, 0.15) is 23.5 Å². The van der Waals surface area contributed by atoms with Crippen LogP contribution < -0.4 is 10.4 Å². The summed E-state index contributed by atoms with van der Waals surface area (Å²) >= 11 is 0. The lowest BCUT2D eigenvalue weighted by Crippen LogP contribution is -2.11. The maximum absolute atomic E-state index is 12.5. The zero-order valence-corrected chi connectivity index (χ0v) is 14.4. The fraction of sp³-hybridized carbons (Fsp3) is 0.200. The van der Waals surface area contributed by atoms with Crippen molar-refractivity contribution in [3.63, 3.8) is 0 Å². The minimum atomic E-state index is -3.06. The van der Waals surface area contributed by atoms with Crippen LogP contribution >= 0.6 is 0 Å². The van der Waals surface area contributed by atoms with Gasteiger partial charge in [0.05, 0.1) is 0 Å². The smallest absolute Gasteiger partial charge is 0.387 e. The topological polar surface area (TPSA) is 65.7 Å². The van der Waals surface area contributed by atoms with Gasteiger partial charge >= 0.3 is 18.2 Å². The quantitative estimate of drug-likeness (QED) is 0.475. The first kappa shape index (κ1) is 18.6. The Bertz CT molecular complexity index is 1030. The number of benzene rings is 2. The van der Waals surface area contributed by atoms with Crippen molar-refractivity contribution in [1.29, 1.82) is 0 Å². The van der Waals surface area contributed by atoms with Crippen LogP contribution in [0.4, 0.5) is 8.78 Å². The first-order valence-corrected chi connectivity index (χ1v) is 8.24. The summed E-state index contributed by atoms with van der Waals surface area (Å²) in [6, 6.07) is 12.2. The summed E-state index contributed by atoms with van der Waals surface area (Å²) in [5.74, 6) is -1.11. The second-order valence-corrected chi connectivity index (χ2v) is 5.73. The van der Waals surface area contributed by atoms with E-state index in [1.165, 1.54) is 30.3 Å². The van der Waals surface area contributed by atoms with E-state index in [1.807, 2.05) is 13.0 Å². The molecule has 7 heteroatoms. The molecule has 0 aliphatic heterocycles. The van der Waals surface area contributed by atoms with Crippen molar-refractivity contribution in [1.82, 2.24) is 0 Å². The fourth-order valence-corrected chi connectivity index (χ4v) is 2.67. The van der Waals surface area contributed by atoms with Gasteiger partial charge in [-0.1, -0.05) is 31.2 Å². The molecule has 0 saturated heterocycles. The van der Waals surface area contributed by atoms with Crippen molar-refractivity contribution < 1.29 is 27.5 Å². The number of ether oxygens (including phenoxy) is 2. The van der Waals surface area contributed by atoms with Gasteiger partial charge in [-0.3, -0.25) is 0 Å². The fourth-order valence-electron chi connectivity index (χ4n) is 2.67. The molecule has 0 aliphatic carbocycles. The van der Waals surface area contributed by atoms with Crippen LogP contribution in [-0.4, -0.2) is 12.6 Å².